The van der Waals surface area contributed by atoms with Crippen LogP contribution in [0.25, 0.3) is 11.0 Å². The summed E-state index contributed by atoms with van der Waals surface area (Å²) in [5, 5.41) is 42.9. The van der Waals surface area contributed by atoms with Crippen LogP contribution in [-0.4, -0.2) is 99.8 Å². The average molecular weight is 502 g/mol. The topological polar surface area (TPSA) is 129 Å². The first kappa shape index (κ1) is 26.3. The molecular weight excluding hydrogens is 464 g/mol. The van der Waals surface area contributed by atoms with Gasteiger partial charge in [0.05, 0.1) is 51.5 Å². The quantitative estimate of drug-likeness (QED) is 0.184. The van der Waals surface area contributed by atoms with Gasteiger partial charge in [-0.25, -0.2) is 4.98 Å². The standard InChI is InChI=1S/C26H37N4O6/c1-30(2,12-13-31)11-6-14-35-19-8-5-7-18(15-19)16-27-26-28-20-9-3-4-10-21(20)29(26)25-24(34)23(33)22(17-32)36-25/h3-5,7-10,15,22-25,31-34H,6,11-14,16-17H2,1-2H3,(H,27,28)/q+1/t22-,23-,24-,25-/m1/s1. The molecule has 1 aromatic heterocycles. The highest BCUT2D eigenvalue weighted by molar-refractivity contribution is 5.78. The molecule has 0 unspecified atom stereocenters. The van der Waals surface area contributed by atoms with Gasteiger partial charge in [0.15, 0.2) is 6.23 Å². The monoisotopic (exact) mass is 501 g/mol. The third-order valence-corrected chi connectivity index (χ3v) is 6.60. The van der Waals surface area contributed by atoms with Crippen molar-refractivity contribution in [3.63, 3.8) is 0 Å². The largest absolute Gasteiger partial charge is 0.493 e. The molecule has 196 valence electrons. The molecule has 36 heavy (non-hydrogen) atoms. The first-order valence-corrected chi connectivity index (χ1v) is 12.3. The SMILES string of the molecule is C[N+](C)(CCO)CCCOc1cccc(CNc2nc3ccccc3n2[C@@H]2O[C@H](CO)[C@@H](O)[C@H]2O)c1. The van der Waals surface area contributed by atoms with E-state index in [0.29, 0.717) is 25.6 Å². The number of fused-ring (bicyclic) bond motifs is 1. The number of hydrogen-bond acceptors (Lipinski definition) is 8. The molecule has 1 saturated heterocycles. The Balaban J connectivity index is 1.44. The number of hydrogen-bond donors (Lipinski definition) is 5. The number of nitrogens with zero attached hydrogens (tertiary/aromatic N) is 3. The number of aliphatic hydroxyl groups is 4. The number of nitrogens with one attached hydrogen (secondary N) is 1. The number of quaternary nitrogens is 1. The smallest absolute Gasteiger partial charge is 0.206 e. The number of likely N-dealkylation sites (N-methyl/N-ethyl adjacent to an activating group) is 1. The van der Waals surface area contributed by atoms with Crippen molar-refractivity contribution in [3.05, 3.63) is 54.1 Å². The third-order valence-electron chi connectivity index (χ3n) is 6.60. The maximum atomic E-state index is 10.6. The van der Waals surface area contributed by atoms with Gasteiger partial charge in [-0.2, -0.15) is 0 Å². The molecule has 0 radical (unpaired) electrons. The van der Waals surface area contributed by atoms with Crippen LogP contribution in [0.1, 0.15) is 18.2 Å². The van der Waals surface area contributed by atoms with Crippen molar-refractivity contribution in [2.24, 2.45) is 0 Å². The van der Waals surface area contributed by atoms with Crippen molar-refractivity contribution >= 4 is 17.0 Å². The van der Waals surface area contributed by atoms with Gasteiger partial charge < -0.3 is 39.7 Å². The Labute approximate surface area is 210 Å². The van der Waals surface area contributed by atoms with E-state index in [1.165, 1.54) is 0 Å². The van der Waals surface area contributed by atoms with Crippen LogP contribution in [0, 0.1) is 0 Å². The maximum Gasteiger partial charge on any atom is 0.206 e. The van der Waals surface area contributed by atoms with E-state index in [0.717, 1.165) is 39.8 Å². The summed E-state index contributed by atoms with van der Waals surface area (Å²) >= 11 is 0. The van der Waals surface area contributed by atoms with E-state index in [2.05, 4.69) is 24.4 Å². The highest BCUT2D eigenvalue weighted by Crippen LogP contribution is 2.35. The molecule has 0 aliphatic carbocycles. The number of para-hydroxylation sites is 2. The Morgan fingerprint density at radius 1 is 1.06 bits per heavy atom. The molecule has 10 heteroatoms. The second-order valence-corrected chi connectivity index (χ2v) is 9.83. The highest BCUT2D eigenvalue weighted by atomic mass is 16.6. The fraction of sp³-hybridized carbons (Fsp3) is 0.500. The molecule has 1 fully saturated rings. The Bertz CT molecular complexity index is 1140. The minimum atomic E-state index is -1.21. The normalized spacial score (nSPS) is 22.3. The molecule has 4 atom stereocenters. The van der Waals surface area contributed by atoms with Crippen LogP contribution in [0.2, 0.25) is 0 Å². The van der Waals surface area contributed by atoms with Crippen molar-refractivity contribution in [1.82, 2.24) is 9.55 Å². The summed E-state index contributed by atoms with van der Waals surface area (Å²) in [5.41, 5.74) is 2.45. The predicted octanol–water partition coefficient (Wildman–Crippen LogP) is 1.10. The van der Waals surface area contributed by atoms with Crippen LogP contribution in [0.4, 0.5) is 5.95 Å². The maximum absolute atomic E-state index is 10.6. The van der Waals surface area contributed by atoms with Crippen molar-refractivity contribution in [1.29, 1.82) is 0 Å². The molecule has 1 aliphatic rings. The van der Waals surface area contributed by atoms with E-state index in [1.54, 1.807) is 4.57 Å². The highest BCUT2D eigenvalue weighted by Gasteiger charge is 2.44. The summed E-state index contributed by atoms with van der Waals surface area (Å²) in [7, 11) is 4.19. The van der Waals surface area contributed by atoms with Gasteiger partial charge in [-0.05, 0) is 29.8 Å². The number of rotatable bonds is 12. The fourth-order valence-corrected chi connectivity index (χ4v) is 4.51. The molecule has 5 N–H and O–H groups in total. The molecule has 4 rings (SSSR count). The van der Waals surface area contributed by atoms with Gasteiger partial charge in [0.2, 0.25) is 5.95 Å². The van der Waals surface area contributed by atoms with Crippen LogP contribution >= 0.6 is 0 Å². The van der Waals surface area contributed by atoms with Crippen molar-refractivity contribution in [3.8, 4) is 5.75 Å². The summed E-state index contributed by atoms with van der Waals surface area (Å²) in [4.78, 5) is 4.67. The van der Waals surface area contributed by atoms with Crippen molar-refractivity contribution in [2.45, 2.75) is 37.5 Å². The van der Waals surface area contributed by atoms with E-state index in [9.17, 15) is 15.3 Å². The number of anilines is 1. The minimum absolute atomic E-state index is 0.172. The number of imidazole rings is 1. The Morgan fingerprint density at radius 3 is 2.61 bits per heavy atom. The summed E-state index contributed by atoms with van der Waals surface area (Å²) < 4.78 is 14.2. The lowest BCUT2D eigenvalue weighted by Gasteiger charge is -2.28. The predicted molar refractivity (Wildman–Crippen MR) is 136 cm³/mol. The van der Waals surface area contributed by atoms with Crippen LogP contribution < -0.4 is 10.1 Å². The molecule has 0 spiro atoms. The second-order valence-electron chi connectivity index (χ2n) is 9.83. The van der Waals surface area contributed by atoms with Crippen LogP contribution in [0.15, 0.2) is 48.5 Å². The number of aromatic nitrogens is 2. The van der Waals surface area contributed by atoms with Gasteiger partial charge in [0.25, 0.3) is 0 Å². The van der Waals surface area contributed by atoms with Gasteiger partial charge in [-0.15, -0.1) is 0 Å². The molecule has 2 aromatic carbocycles. The van der Waals surface area contributed by atoms with E-state index >= 15 is 0 Å². The van der Waals surface area contributed by atoms with Gasteiger partial charge in [-0.1, -0.05) is 24.3 Å². The number of aliphatic hydroxyl groups excluding tert-OH is 4. The lowest BCUT2D eigenvalue weighted by atomic mass is 10.1. The molecule has 0 amide bonds. The Morgan fingerprint density at radius 2 is 1.86 bits per heavy atom. The van der Waals surface area contributed by atoms with Crippen LogP contribution in [-0.2, 0) is 11.3 Å². The van der Waals surface area contributed by atoms with Crippen molar-refractivity contribution in [2.75, 3.05) is 52.3 Å². The van der Waals surface area contributed by atoms with E-state index in [1.807, 2.05) is 48.5 Å². The summed E-state index contributed by atoms with van der Waals surface area (Å²) in [6, 6.07) is 15.3. The molecule has 1 aliphatic heterocycles. The van der Waals surface area contributed by atoms with Gasteiger partial charge in [-0.3, -0.25) is 4.57 Å². The first-order valence-electron chi connectivity index (χ1n) is 12.3. The Hall–Kier alpha value is -2.73. The average Bonchev–Trinajstić information content (AvgIpc) is 3.37. The summed E-state index contributed by atoms with van der Waals surface area (Å²) in [5.74, 6) is 1.26. The molecule has 3 aromatic rings. The molecular formula is C26H37N4O6+. The number of ether oxygens (including phenoxy) is 2. The van der Waals surface area contributed by atoms with Crippen LogP contribution in [0.5, 0.6) is 5.75 Å². The molecule has 0 saturated carbocycles. The zero-order valence-electron chi connectivity index (χ0n) is 20.8. The van der Waals surface area contributed by atoms with Gasteiger partial charge in [0.1, 0.15) is 30.6 Å². The van der Waals surface area contributed by atoms with E-state index in [-0.39, 0.29) is 6.61 Å². The Kier molecular flexibility index (Phi) is 8.45. The van der Waals surface area contributed by atoms with Gasteiger partial charge in [0, 0.05) is 13.0 Å². The lowest BCUT2D eigenvalue weighted by Crippen LogP contribution is -2.43. The fourth-order valence-electron chi connectivity index (χ4n) is 4.51. The molecule has 10 nitrogen and oxygen atoms in total. The molecule has 0 bridgehead atoms. The molecule has 2 heterocycles. The van der Waals surface area contributed by atoms with E-state index < -0.39 is 31.1 Å². The summed E-state index contributed by atoms with van der Waals surface area (Å²) in [6.07, 6.45) is -3.30. The van der Waals surface area contributed by atoms with Gasteiger partial charge >= 0.3 is 0 Å². The van der Waals surface area contributed by atoms with E-state index in [4.69, 9.17) is 14.6 Å². The van der Waals surface area contributed by atoms with Crippen molar-refractivity contribution < 1.29 is 34.4 Å². The summed E-state index contributed by atoms with van der Waals surface area (Å²) in [6.45, 7) is 2.45. The zero-order valence-corrected chi connectivity index (χ0v) is 20.8. The second kappa shape index (κ2) is 11.5. The zero-order chi connectivity index (χ0) is 25.7. The minimum Gasteiger partial charge on any atom is -0.493 e. The third kappa shape index (κ3) is 5.97. The lowest BCUT2D eigenvalue weighted by molar-refractivity contribution is -0.890. The number of benzene rings is 2. The van der Waals surface area contributed by atoms with Crippen LogP contribution in [0.3, 0.4) is 0 Å². The first-order chi connectivity index (χ1) is 17.3.